The third-order valence-corrected chi connectivity index (χ3v) is 1.74. The predicted molar refractivity (Wildman–Crippen MR) is 52.2 cm³/mol. The van der Waals surface area contributed by atoms with Crippen LogP contribution in [0.4, 0.5) is 13.2 Å². The van der Waals surface area contributed by atoms with Crippen LogP contribution in [0.5, 0.6) is 0 Å². The van der Waals surface area contributed by atoms with Crippen molar-refractivity contribution in [3.63, 3.8) is 0 Å². The van der Waals surface area contributed by atoms with Crippen LogP contribution in [0, 0.1) is 0 Å². The first kappa shape index (κ1) is 13.9. The summed E-state index contributed by atoms with van der Waals surface area (Å²) < 4.78 is 44.5. The molecule has 98 valence electrons. The molecule has 2 N–H and O–H groups in total. The van der Waals surface area contributed by atoms with Crippen LogP contribution in [0.15, 0.2) is 4.52 Å². The Balaban J connectivity index is 2.25. The molecular formula is C9H14F3N3O2. The predicted octanol–water partition coefficient (Wildman–Crippen LogP) is 1.08. The number of hydrogen-bond acceptors (Lipinski definition) is 5. The highest BCUT2D eigenvalue weighted by atomic mass is 19.4. The standard InChI is InChI=1S/C9H14F3N3O2/c1-6(13)4-8-14-7(15-17-8)2-3-16-5-9(10,11)12/h6H,2-5,13H2,1H3. The van der Waals surface area contributed by atoms with Crippen molar-refractivity contribution >= 4 is 0 Å². The van der Waals surface area contributed by atoms with Gasteiger partial charge in [-0.25, -0.2) is 0 Å². The van der Waals surface area contributed by atoms with E-state index < -0.39 is 12.8 Å². The van der Waals surface area contributed by atoms with E-state index in [2.05, 4.69) is 14.9 Å². The number of hydrogen-bond donors (Lipinski definition) is 1. The zero-order chi connectivity index (χ0) is 12.9. The van der Waals surface area contributed by atoms with Gasteiger partial charge in [0.1, 0.15) is 6.61 Å². The molecule has 5 nitrogen and oxygen atoms in total. The van der Waals surface area contributed by atoms with Crippen molar-refractivity contribution in [2.45, 2.75) is 32.0 Å². The van der Waals surface area contributed by atoms with Gasteiger partial charge in [0.15, 0.2) is 5.82 Å². The first-order chi connectivity index (χ1) is 7.87. The van der Waals surface area contributed by atoms with E-state index in [0.29, 0.717) is 18.1 Å². The van der Waals surface area contributed by atoms with Crippen LogP contribution < -0.4 is 5.73 Å². The molecule has 17 heavy (non-hydrogen) atoms. The number of nitrogens with zero attached hydrogens (tertiary/aromatic N) is 2. The molecule has 0 amide bonds. The van der Waals surface area contributed by atoms with E-state index >= 15 is 0 Å². The van der Waals surface area contributed by atoms with Gasteiger partial charge in [0, 0.05) is 18.9 Å². The maximum atomic E-state index is 11.7. The fourth-order valence-electron chi connectivity index (χ4n) is 1.10. The van der Waals surface area contributed by atoms with Crippen molar-refractivity contribution in [2.75, 3.05) is 13.2 Å². The van der Waals surface area contributed by atoms with Gasteiger partial charge in [0.25, 0.3) is 0 Å². The highest BCUT2D eigenvalue weighted by Gasteiger charge is 2.27. The molecule has 1 atom stereocenters. The van der Waals surface area contributed by atoms with Gasteiger partial charge in [-0.15, -0.1) is 0 Å². The summed E-state index contributed by atoms with van der Waals surface area (Å²) in [4.78, 5) is 3.97. The normalized spacial score (nSPS) is 13.9. The molecule has 0 fully saturated rings. The first-order valence-corrected chi connectivity index (χ1v) is 5.08. The van der Waals surface area contributed by atoms with E-state index in [9.17, 15) is 13.2 Å². The number of halogens is 3. The molecule has 0 aromatic carbocycles. The van der Waals surface area contributed by atoms with E-state index in [4.69, 9.17) is 10.3 Å². The largest absolute Gasteiger partial charge is 0.411 e. The van der Waals surface area contributed by atoms with Crippen molar-refractivity contribution in [3.8, 4) is 0 Å². The van der Waals surface area contributed by atoms with Gasteiger partial charge in [-0.2, -0.15) is 18.2 Å². The monoisotopic (exact) mass is 253 g/mol. The van der Waals surface area contributed by atoms with Gasteiger partial charge in [-0.05, 0) is 6.92 Å². The van der Waals surface area contributed by atoms with Crippen molar-refractivity contribution < 1.29 is 22.4 Å². The fraction of sp³-hybridized carbons (Fsp3) is 0.778. The van der Waals surface area contributed by atoms with Crippen molar-refractivity contribution in [2.24, 2.45) is 5.73 Å². The van der Waals surface area contributed by atoms with E-state index in [-0.39, 0.29) is 19.1 Å². The average Bonchev–Trinajstić information content (AvgIpc) is 2.58. The Morgan fingerprint density at radius 3 is 2.76 bits per heavy atom. The van der Waals surface area contributed by atoms with Gasteiger partial charge in [0.05, 0.1) is 6.61 Å². The minimum atomic E-state index is -4.31. The van der Waals surface area contributed by atoms with Crippen LogP contribution in [0.2, 0.25) is 0 Å². The number of rotatable bonds is 6. The van der Waals surface area contributed by atoms with E-state index in [1.807, 2.05) is 0 Å². The molecule has 1 unspecified atom stereocenters. The van der Waals surface area contributed by atoms with E-state index in [1.54, 1.807) is 6.92 Å². The lowest BCUT2D eigenvalue weighted by atomic mass is 10.2. The highest BCUT2D eigenvalue weighted by molar-refractivity contribution is 4.88. The van der Waals surface area contributed by atoms with Gasteiger partial charge in [-0.1, -0.05) is 5.16 Å². The molecule has 1 aromatic rings. The Morgan fingerprint density at radius 1 is 1.47 bits per heavy atom. The number of ether oxygens (including phenoxy) is 1. The lowest BCUT2D eigenvalue weighted by Gasteiger charge is -2.05. The zero-order valence-corrected chi connectivity index (χ0v) is 9.33. The molecule has 0 aliphatic rings. The molecule has 0 bridgehead atoms. The van der Waals surface area contributed by atoms with Crippen LogP contribution in [0.3, 0.4) is 0 Å². The maximum Gasteiger partial charge on any atom is 0.411 e. The molecule has 1 heterocycles. The Bertz CT molecular complexity index is 338. The number of alkyl halides is 3. The van der Waals surface area contributed by atoms with E-state index in [1.165, 1.54) is 0 Å². The van der Waals surface area contributed by atoms with Crippen molar-refractivity contribution in [1.29, 1.82) is 0 Å². The SMILES string of the molecule is CC(N)Cc1nc(CCOCC(F)(F)F)no1. The van der Waals surface area contributed by atoms with Crippen molar-refractivity contribution in [1.82, 2.24) is 10.1 Å². The van der Waals surface area contributed by atoms with Gasteiger partial charge < -0.3 is 15.0 Å². The minimum Gasteiger partial charge on any atom is -0.372 e. The molecule has 0 aliphatic carbocycles. The summed E-state index contributed by atoms with van der Waals surface area (Å²) in [5, 5.41) is 3.60. The summed E-state index contributed by atoms with van der Waals surface area (Å²) in [5.74, 6) is 0.702. The van der Waals surface area contributed by atoms with Crippen molar-refractivity contribution in [3.05, 3.63) is 11.7 Å². The highest BCUT2D eigenvalue weighted by Crippen LogP contribution is 2.14. The van der Waals surface area contributed by atoms with E-state index in [0.717, 1.165) is 0 Å². The molecule has 0 aliphatic heterocycles. The lowest BCUT2D eigenvalue weighted by molar-refractivity contribution is -0.173. The summed E-state index contributed by atoms with van der Waals surface area (Å²) in [6, 6.07) is -0.107. The number of aromatic nitrogens is 2. The smallest absolute Gasteiger partial charge is 0.372 e. The molecule has 0 saturated carbocycles. The van der Waals surface area contributed by atoms with Crippen LogP contribution in [0.1, 0.15) is 18.6 Å². The minimum absolute atomic E-state index is 0.101. The van der Waals surface area contributed by atoms with Gasteiger partial charge in [0.2, 0.25) is 5.89 Å². The summed E-state index contributed by atoms with van der Waals surface area (Å²) in [6.45, 7) is 0.421. The van der Waals surface area contributed by atoms with Gasteiger partial charge in [-0.3, -0.25) is 0 Å². The van der Waals surface area contributed by atoms with Crippen LogP contribution >= 0.6 is 0 Å². The summed E-state index contributed by atoms with van der Waals surface area (Å²) in [7, 11) is 0. The maximum absolute atomic E-state index is 11.7. The second-order valence-electron chi connectivity index (χ2n) is 3.70. The first-order valence-electron chi connectivity index (χ1n) is 5.08. The lowest BCUT2D eigenvalue weighted by Crippen LogP contribution is -2.18. The summed E-state index contributed by atoms with van der Waals surface area (Å²) in [5.41, 5.74) is 5.53. The molecule has 8 heteroatoms. The number of nitrogens with two attached hydrogens (primary N) is 1. The molecule has 1 aromatic heterocycles. The Labute approximate surface area is 96.1 Å². The molecule has 0 radical (unpaired) electrons. The second kappa shape index (κ2) is 5.97. The second-order valence-corrected chi connectivity index (χ2v) is 3.70. The van der Waals surface area contributed by atoms with Crippen LogP contribution in [-0.2, 0) is 17.6 Å². The summed E-state index contributed by atoms with van der Waals surface area (Å²) >= 11 is 0. The quantitative estimate of drug-likeness (QED) is 0.768. The average molecular weight is 253 g/mol. The van der Waals surface area contributed by atoms with Crippen LogP contribution in [0.25, 0.3) is 0 Å². The Morgan fingerprint density at radius 2 is 2.18 bits per heavy atom. The third kappa shape index (κ3) is 6.22. The fourth-order valence-corrected chi connectivity index (χ4v) is 1.10. The molecular weight excluding hydrogens is 239 g/mol. The third-order valence-electron chi connectivity index (χ3n) is 1.74. The Kier molecular flexibility index (Phi) is 4.88. The molecule has 0 saturated heterocycles. The topological polar surface area (TPSA) is 74.2 Å². The Hall–Kier alpha value is -1.15. The summed E-state index contributed by atoms with van der Waals surface area (Å²) in [6.07, 6.45) is -3.69. The molecule has 1 rings (SSSR count). The zero-order valence-electron chi connectivity index (χ0n) is 9.33. The molecule has 0 spiro atoms. The van der Waals surface area contributed by atoms with Crippen LogP contribution in [-0.4, -0.2) is 35.6 Å². The van der Waals surface area contributed by atoms with Gasteiger partial charge >= 0.3 is 6.18 Å².